The van der Waals surface area contributed by atoms with E-state index < -0.39 is 0 Å². The number of aromatic nitrogens is 1. The minimum Gasteiger partial charge on any atom is -0.348 e. The van der Waals surface area contributed by atoms with Crippen molar-refractivity contribution in [1.82, 2.24) is 10.3 Å². The van der Waals surface area contributed by atoms with E-state index in [1.165, 1.54) is 10.3 Å². The minimum atomic E-state index is -0.129. The van der Waals surface area contributed by atoms with Gasteiger partial charge in [0.15, 0.2) is 5.13 Å². The van der Waals surface area contributed by atoms with Gasteiger partial charge in [0, 0.05) is 19.0 Å². The van der Waals surface area contributed by atoms with E-state index in [1.54, 1.807) is 11.3 Å². The highest BCUT2D eigenvalue weighted by molar-refractivity contribution is 7.22. The first-order valence-electron chi connectivity index (χ1n) is 11.2. The van der Waals surface area contributed by atoms with Crippen LogP contribution in [-0.2, 0) is 4.79 Å². The summed E-state index contributed by atoms with van der Waals surface area (Å²) >= 11 is 1.75. The van der Waals surface area contributed by atoms with Gasteiger partial charge >= 0.3 is 0 Å². The predicted molar refractivity (Wildman–Crippen MR) is 132 cm³/mol. The number of fused-ring (bicyclic) bond motifs is 1. The Bertz CT molecular complexity index is 1160. The molecule has 0 spiro atoms. The van der Waals surface area contributed by atoms with E-state index in [9.17, 15) is 4.79 Å². The van der Waals surface area contributed by atoms with Crippen molar-refractivity contribution in [2.24, 2.45) is 5.92 Å². The van der Waals surface area contributed by atoms with Crippen LogP contribution in [0.5, 0.6) is 0 Å². The van der Waals surface area contributed by atoms with Crippen molar-refractivity contribution in [3.63, 3.8) is 0 Å². The second-order valence-corrected chi connectivity index (χ2v) is 9.50. The monoisotopic (exact) mass is 441 g/mol. The number of carbonyl (C=O) groups is 1. The van der Waals surface area contributed by atoms with E-state index in [1.807, 2.05) is 36.4 Å². The van der Waals surface area contributed by atoms with Gasteiger partial charge in [-0.1, -0.05) is 78.1 Å². The molecule has 5 heteroatoms. The third-order valence-electron chi connectivity index (χ3n) is 6.22. The number of hydrogen-bond acceptors (Lipinski definition) is 4. The van der Waals surface area contributed by atoms with Crippen LogP contribution < -0.4 is 10.2 Å². The van der Waals surface area contributed by atoms with Crippen LogP contribution in [0.15, 0.2) is 78.9 Å². The Morgan fingerprint density at radius 1 is 0.969 bits per heavy atom. The van der Waals surface area contributed by atoms with Crippen LogP contribution >= 0.6 is 11.3 Å². The van der Waals surface area contributed by atoms with Gasteiger partial charge in [-0.25, -0.2) is 4.98 Å². The normalized spacial score (nSPS) is 14.8. The molecular formula is C27H27N3OS. The topological polar surface area (TPSA) is 45.2 Å². The van der Waals surface area contributed by atoms with Gasteiger partial charge in [0.05, 0.1) is 16.3 Å². The lowest BCUT2D eigenvalue weighted by Crippen LogP contribution is -2.41. The zero-order chi connectivity index (χ0) is 21.9. The van der Waals surface area contributed by atoms with Gasteiger partial charge in [-0.2, -0.15) is 0 Å². The molecule has 0 saturated carbocycles. The number of carbonyl (C=O) groups excluding carboxylic acids is 1. The molecule has 1 saturated heterocycles. The van der Waals surface area contributed by atoms with Crippen LogP contribution in [0.4, 0.5) is 5.13 Å². The Kier molecular flexibility index (Phi) is 5.91. The summed E-state index contributed by atoms with van der Waals surface area (Å²) in [7, 11) is 0. The van der Waals surface area contributed by atoms with E-state index in [0.717, 1.165) is 47.7 Å². The molecule has 32 heavy (non-hydrogen) atoms. The molecule has 0 bridgehead atoms. The summed E-state index contributed by atoms with van der Waals surface area (Å²) in [6.07, 6.45) is 1.69. The average Bonchev–Trinajstić information content (AvgIpc) is 3.27. The number of hydrogen-bond donors (Lipinski definition) is 1. The fourth-order valence-corrected chi connectivity index (χ4v) is 5.51. The Balaban J connectivity index is 1.27. The molecule has 1 aromatic heterocycles. The summed E-state index contributed by atoms with van der Waals surface area (Å²) < 4.78 is 1.23. The molecule has 1 aliphatic rings. The van der Waals surface area contributed by atoms with Gasteiger partial charge in [-0.05, 0) is 48.6 Å². The number of nitrogens with one attached hydrogen (secondary N) is 1. The standard InChI is InChI=1S/C27H27N3OS/c1-19-12-13-23-24(18-19)32-27(28-23)30-16-14-22(15-17-30)26(31)29-25(20-8-4-2-5-9-20)21-10-6-3-7-11-21/h2-13,18,22,25H,14-17H2,1H3,(H,29,31). The van der Waals surface area contributed by atoms with E-state index in [4.69, 9.17) is 4.98 Å². The Morgan fingerprint density at radius 2 is 1.59 bits per heavy atom. The Labute approximate surface area is 192 Å². The predicted octanol–water partition coefficient (Wildman–Crippen LogP) is 5.73. The smallest absolute Gasteiger partial charge is 0.223 e. The molecule has 2 heterocycles. The van der Waals surface area contributed by atoms with Crippen molar-refractivity contribution in [3.05, 3.63) is 95.6 Å². The van der Waals surface area contributed by atoms with Gasteiger partial charge in [-0.15, -0.1) is 0 Å². The zero-order valence-electron chi connectivity index (χ0n) is 18.2. The van der Waals surface area contributed by atoms with Gasteiger partial charge in [0.2, 0.25) is 5.91 Å². The molecule has 3 aromatic carbocycles. The van der Waals surface area contributed by atoms with E-state index in [-0.39, 0.29) is 17.9 Å². The van der Waals surface area contributed by atoms with Gasteiger partial charge in [-0.3, -0.25) is 4.79 Å². The van der Waals surface area contributed by atoms with Crippen molar-refractivity contribution >= 4 is 32.6 Å². The quantitative estimate of drug-likeness (QED) is 0.430. The van der Waals surface area contributed by atoms with Crippen molar-refractivity contribution in [3.8, 4) is 0 Å². The lowest BCUT2D eigenvalue weighted by molar-refractivity contribution is -0.126. The molecule has 0 unspecified atom stereocenters. The lowest BCUT2D eigenvalue weighted by Gasteiger charge is -2.32. The fraction of sp³-hybridized carbons (Fsp3) is 0.259. The number of piperidine rings is 1. The van der Waals surface area contributed by atoms with Crippen molar-refractivity contribution in [2.75, 3.05) is 18.0 Å². The molecular weight excluding hydrogens is 414 g/mol. The highest BCUT2D eigenvalue weighted by atomic mass is 32.1. The molecule has 5 rings (SSSR count). The molecule has 1 fully saturated rings. The molecule has 0 aliphatic carbocycles. The number of rotatable bonds is 5. The number of anilines is 1. The fourth-order valence-electron chi connectivity index (χ4n) is 4.40. The van der Waals surface area contributed by atoms with Gasteiger partial charge in [0.25, 0.3) is 0 Å². The van der Waals surface area contributed by atoms with E-state index in [2.05, 4.69) is 59.6 Å². The van der Waals surface area contributed by atoms with Crippen LogP contribution in [0.2, 0.25) is 0 Å². The second kappa shape index (κ2) is 9.13. The molecule has 1 amide bonds. The number of nitrogens with zero attached hydrogens (tertiary/aromatic N) is 2. The molecule has 1 aliphatic heterocycles. The highest BCUT2D eigenvalue weighted by Gasteiger charge is 2.28. The summed E-state index contributed by atoms with van der Waals surface area (Å²) in [5.41, 5.74) is 4.53. The van der Waals surface area contributed by atoms with Crippen molar-refractivity contribution in [2.45, 2.75) is 25.8 Å². The van der Waals surface area contributed by atoms with Crippen LogP contribution in [-0.4, -0.2) is 24.0 Å². The first kappa shape index (κ1) is 20.7. The Hall–Kier alpha value is -3.18. The third kappa shape index (κ3) is 4.39. The molecule has 4 nitrogen and oxygen atoms in total. The summed E-state index contributed by atoms with van der Waals surface area (Å²) in [6.45, 7) is 3.83. The SMILES string of the molecule is Cc1ccc2nc(N3CCC(C(=O)NC(c4ccccc4)c4ccccc4)CC3)sc2c1. The molecule has 0 radical (unpaired) electrons. The van der Waals surface area contributed by atoms with Crippen LogP contribution in [0.25, 0.3) is 10.2 Å². The largest absolute Gasteiger partial charge is 0.348 e. The van der Waals surface area contributed by atoms with Crippen LogP contribution in [0.3, 0.4) is 0 Å². The van der Waals surface area contributed by atoms with Crippen LogP contribution in [0, 0.1) is 12.8 Å². The van der Waals surface area contributed by atoms with E-state index >= 15 is 0 Å². The van der Waals surface area contributed by atoms with Gasteiger partial charge in [0.1, 0.15) is 0 Å². The first-order valence-corrected chi connectivity index (χ1v) is 12.0. The number of thiazole rings is 1. The minimum absolute atomic E-state index is 0.0257. The molecule has 0 atom stereocenters. The second-order valence-electron chi connectivity index (χ2n) is 8.49. The first-order chi connectivity index (χ1) is 15.7. The number of benzene rings is 3. The molecule has 4 aromatic rings. The highest BCUT2D eigenvalue weighted by Crippen LogP contribution is 2.32. The van der Waals surface area contributed by atoms with Gasteiger partial charge < -0.3 is 10.2 Å². The average molecular weight is 442 g/mol. The zero-order valence-corrected chi connectivity index (χ0v) is 19.0. The van der Waals surface area contributed by atoms with Crippen molar-refractivity contribution in [1.29, 1.82) is 0 Å². The molecule has 162 valence electrons. The summed E-state index contributed by atoms with van der Waals surface area (Å²) in [6, 6.07) is 26.7. The maximum absolute atomic E-state index is 13.2. The summed E-state index contributed by atoms with van der Waals surface area (Å²) in [5.74, 6) is 0.167. The number of aryl methyl sites for hydroxylation is 1. The molecule has 1 N–H and O–H groups in total. The van der Waals surface area contributed by atoms with Crippen molar-refractivity contribution < 1.29 is 4.79 Å². The van der Waals surface area contributed by atoms with Crippen LogP contribution in [0.1, 0.15) is 35.6 Å². The summed E-state index contributed by atoms with van der Waals surface area (Å²) in [5, 5.41) is 4.40. The van der Waals surface area contributed by atoms with E-state index in [0.29, 0.717) is 0 Å². The Morgan fingerprint density at radius 3 is 2.22 bits per heavy atom. The summed E-state index contributed by atoms with van der Waals surface area (Å²) in [4.78, 5) is 20.4. The maximum atomic E-state index is 13.2. The lowest BCUT2D eigenvalue weighted by atomic mass is 9.93. The number of amides is 1. The maximum Gasteiger partial charge on any atom is 0.223 e. The third-order valence-corrected chi connectivity index (χ3v) is 7.30.